The highest BCUT2D eigenvalue weighted by molar-refractivity contribution is 6.30. The van der Waals surface area contributed by atoms with Crippen molar-refractivity contribution in [1.82, 2.24) is 5.32 Å². The van der Waals surface area contributed by atoms with Crippen molar-refractivity contribution < 1.29 is 4.79 Å². The summed E-state index contributed by atoms with van der Waals surface area (Å²) in [5.41, 5.74) is 0.126. The first-order valence-electron chi connectivity index (χ1n) is 4.69. The summed E-state index contributed by atoms with van der Waals surface area (Å²) in [6, 6.07) is 0. The van der Waals surface area contributed by atoms with Crippen molar-refractivity contribution in [1.29, 1.82) is 0 Å². The lowest BCUT2D eigenvalue weighted by Gasteiger charge is -2.29. The Morgan fingerprint density at radius 2 is 1.85 bits per heavy atom. The van der Waals surface area contributed by atoms with Crippen LogP contribution in [0.1, 0.15) is 34.6 Å². The van der Waals surface area contributed by atoms with Crippen LogP contribution in [0.4, 0.5) is 0 Å². The van der Waals surface area contributed by atoms with Crippen LogP contribution in [0.5, 0.6) is 0 Å². The molecule has 0 aromatic heterocycles. The normalized spacial score (nSPS) is 14.4. The number of nitrogens with one attached hydrogen (secondary N) is 1. The molecule has 1 N–H and O–H groups in total. The van der Waals surface area contributed by atoms with Gasteiger partial charge in [0.15, 0.2) is 0 Å². The molecule has 0 spiro atoms. The average Bonchev–Trinajstić information content (AvgIpc) is 1.99. The third-order valence-corrected chi connectivity index (χ3v) is 2.84. The maximum atomic E-state index is 11.2. The molecule has 0 radical (unpaired) electrons. The Balaban J connectivity index is 3.95. The van der Waals surface area contributed by atoms with E-state index in [1.54, 1.807) is 6.92 Å². The van der Waals surface area contributed by atoms with Gasteiger partial charge in [0.2, 0.25) is 5.91 Å². The largest absolute Gasteiger partial charge is 0.354 e. The van der Waals surface area contributed by atoms with E-state index in [-0.39, 0.29) is 11.3 Å². The maximum absolute atomic E-state index is 11.2. The third kappa shape index (κ3) is 4.51. The molecular formula is C10H20ClNO. The van der Waals surface area contributed by atoms with Crippen molar-refractivity contribution in [2.45, 2.75) is 40.0 Å². The number of rotatable bonds is 4. The Bertz CT molecular complexity index is 176. The van der Waals surface area contributed by atoms with Gasteiger partial charge < -0.3 is 5.32 Å². The number of hydrogen-bond donors (Lipinski definition) is 1. The fourth-order valence-electron chi connectivity index (χ4n) is 0.660. The second-order valence-electron chi connectivity index (χ2n) is 4.48. The molecular weight excluding hydrogens is 186 g/mol. The molecule has 1 amide bonds. The summed E-state index contributed by atoms with van der Waals surface area (Å²) in [5.74, 6) is 0.453. The highest BCUT2D eigenvalue weighted by atomic mass is 35.5. The molecule has 0 aliphatic heterocycles. The van der Waals surface area contributed by atoms with E-state index in [1.807, 2.05) is 0 Å². The summed E-state index contributed by atoms with van der Waals surface area (Å²) in [4.78, 5) is 11.2. The van der Waals surface area contributed by atoms with E-state index in [2.05, 4.69) is 33.0 Å². The van der Waals surface area contributed by atoms with Crippen LogP contribution < -0.4 is 5.32 Å². The van der Waals surface area contributed by atoms with Crippen LogP contribution >= 0.6 is 11.6 Å². The van der Waals surface area contributed by atoms with Crippen LogP contribution in [0.15, 0.2) is 0 Å². The minimum absolute atomic E-state index is 0.0876. The monoisotopic (exact) mass is 205 g/mol. The van der Waals surface area contributed by atoms with E-state index < -0.39 is 5.38 Å². The topological polar surface area (TPSA) is 29.1 Å². The summed E-state index contributed by atoms with van der Waals surface area (Å²) in [6.07, 6.45) is 0. The van der Waals surface area contributed by atoms with Gasteiger partial charge in [0.05, 0.1) is 0 Å². The molecule has 3 heteroatoms. The number of halogens is 1. The second kappa shape index (κ2) is 4.85. The molecule has 0 heterocycles. The van der Waals surface area contributed by atoms with Crippen LogP contribution in [0.2, 0.25) is 0 Å². The molecule has 1 unspecified atom stereocenters. The van der Waals surface area contributed by atoms with Gasteiger partial charge in [-0.25, -0.2) is 0 Å². The van der Waals surface area contributed by atoms with Crippen molar-refractivity contribution in [3.8, 4) is 0 Å². The molecule has 0 fully saturated rings. The Morgan fingerprint density at radius 3 is 2.15 bits per heavy atom. The Hall–Kier alpha value is -0.240. The van der Waals surface area contributed by atoms with Gasteiger partial charge >= 0.3 is 0 Å². The molecule has 13 heavy (non-hydrogen) atoms. The van der Waals surface area contributed by atoms with Crippen LogP contribution in [0.25, 0.3) is 0 Å². The molecule has 0 aromatic carbocycles. The van der Waals surface area contributed by atoms with Crippen molar-refractivity contribution in [2.24, 2.45) is 11.3 Å². The molecule has 0 aliphatic carbocycles. The number of alkyl halides is 1. The summed E-state index contributed by atoms with van der Waals surface area (Å²) >= 11 is 5.62. The molecule has 0 aromatic rings. The zero-order valence-electron chi connectivity index (χ0n) is 9.15. The van der Waals surface area contributed by atoms with Crippen LogP contribution in [-0.4, -0.2) is 17.8 Å². The van der Waals surface area contributed by atoms with Gasteiger partial charge in [-0.1, -0.05) is 27.7 Å². The zero-order valence-corrected chi connectivity index (χ0v) is 9.90. The van der Waals surface area contributed by atoms with Crippen LogP contribution in [0.3, 0.4) is 0 Å². The fourth-order valence-corrected chi connectivity index (χ4v) is 0.737. The summed E-state index contributed by atoms with van der Waals surface area (Å²) in [6.45, 7) is 10.9. The van der Waals surface area contributed by atoms with E-state index in [1.165, 1.54) is 0 Å². The Morgan fingerprint density at radius 1 is 1.38 bits per heavy atom. The highest BCUT2D eigenvalue weighted by Gasteiger charge is 2.23. The van der Waals surface area contributed by atoms with Crippen molar-refractivity contribution >= 4 is 17.5 Å². The average molecular weight is 206 g/mol. The van der Waals surface area contributed by atoms with E-state index in [9.17, 15) is 4.79 Å². The van der Waals surface area contributed by atoms with Crippen LogP contribution in [0, 0.1) is 11.3 Å². The number of hydrogen-bond acceptors (Lipinski definition) is 1. The minimum Gasteiger partial charge on any atom is -0.354 e. The summed E-state index contributed by atoms with van der Waals surface area (Å²) in [7, 11) is 0. The van der Waals surface area contributed by atoms with Crippen molar-refractivity contribution in [3.63, 3.8) is 0 Å². The molecule has 0 saturated heterocycles. The zero-order chi connectivity index (χ0) is 10.6. The first-order chi connectivity index (χ1) is 5.77. The molecule has 0 saturated carbocycles. The summed E-state index contributed by atoms with van der Waals surface area (Å²) < 4.78 is 0. The lowest BCUT2D eigenvalue weighted by Crippen LogP contribution is -2.39. The van der Waals surface area contributed by atoms with E-state index in [4.69, 9.17) is 11.6 Å². The minimum atomic E-state index is -0.442. The van der Waals surface area contributed by atoms with Gasteiger partial charge in [-0.3, -0.25) is 4.79 Å². The fraction of sp³-hybridized carbons (Fsp3) is 0.900. The predicted molar refractivity (Wildman–Crippen MR) is 56.9 cm³/mol. The molecule has 0 aliphatic rings. The first-order valence-corrected chi connectivity index (χ1v) is 5.13. The molecule has 2 nitrogen and oxygen atoms in total. The van der Waals surface area contributed by atoms with Gasteiger partial charge in [-0.05, 0) is 18.3 Å². The molecule has 78 valence electrons. The SMILES string of the molecule is CC(Cl)C(=O)NCC(C)(C)C(C)C. The third-order valence-electron chi connectivity index (χ3n) is 2.64. The predicted octanol–water partition coefficient (Wildman–Crippen LogP) is 2.41. The first kappa shape index (κ1) is 12.8. The molecule has 1 atom stereocenters. The number of carbonyl (C=O) groups excluding carboxylic acids is 1. The van der Waals surface area contributed by atoms with Gasteiger partial charge in [-0.15, -0.1) is 11.6 Å². The lowest BCUT2D eigenvalue weighted by molar-refractivity contribution is -0.121. The second-order valence-corrected chi connectivity index (χ2v) is 5.13. The van der Waals surface area contributed by atoms with E-state index in [0.29, 0.717) is 12.5 Å². The quantitative estimate of drug-likeness (QED) is 0.702. The van der Waals surface area contributed by atoms with Gasteiger partial charge in [-0.2, -0.15) is 0 Å². The smallest absolute Gasteiger partial charge is 0.237 e. The van der Waals surface area contributed by atoms with E-state index in [0.717, 1.165) is 0 Å². The lowest BCUT2D eigenvalue weighted by atomic mass is 9.81. The Labute approximate surface area is 86.0 Å². The Kier molecular flexibility index (Phi) is 4.76. The van der Waals surface area contributed by atoms with Gasteiger partial charge in [0, 0.05) is 6.54 Å². The standard InChI is InChI=1S/C10H20ClNO/c1-7(2)10(4,5)6-12-9(13)8(3)11/h7-8H,6H2,1-5H3,(H,12,13). The highest BCUT2D eigenvalue weighted by Crippen LogP contribution is 2.24. The summed E-state index contributed by atoms with van der Waals surface area (Å²) in [5, 5.41) is 2.39. The van der Waals surface area contributed by atoms with Gasteiger partial charge in [0.1, 0.15) is 5.38 Å². The number of carbonyl (C=O) groups is 1. The van der Waals surface area contributed by atoms with Crippen LogP contribution in [-0.2, 0) is 4.79 Å². The maximum Gasteiger partial charge on any atom is 0.237 e. The molecule has 0 rings (SSSR count). The van der Waals surface area contributed by atoms with E-state index >= 15 is 0 Å². The van der Waals surface area contributed by atoms with Crippen molar-refractivity contribution in [2.75, 3.05) is 6.54 Å². The number of amides is 1. The molecule has 0 bridgehead atoms. The van der Waals surface area contributed by atoms with Crippen molar-refractivity contribution in [3.05, 3.63) is 0 Å². The van der Waals surface area contributed by atoms with Gasteiger partial charge in [0.25, 0.3) is 0 Å².